The first-order valence-electron chi connectivity index (χ1n) is 10.8. The van der Waals surface area contributed by atoms with Crippen molar-refractivity contribution in [3.63, 3.8) is 0 Å². The summed E-state index contributed by atoms with van der Waals surface area (Å²) in [4.78, 5) is 27.9. The maximum atomic E-state index is 12.9. The van der Waals surface area contributed by atoms with Crippen LogP contribution in [0.3, 0.4) is 0 Å². The predicted octanol–water partition coefficient (Wildman–Crippen LogP) is 4.68. The normalized spacial score (nSPS) is 12.8. The van der Waals surface area contributed by atoms with E-state index < -0.39 is 0 Å². The Morgan fingerprint density at radius 1 is 0.844 bits per heavy atom. The fraction of sp³-hybridized carbons (Fsp3) is 0.185. The van der Waals surface area contributed by atoms with Gasteiger partial charge in [0.1, 0.15) is 0 Å². The van der Waals surface area contributed by atoms with Crippen molar-refractivity contribution in [1.29, 1.82) is 0 Å². The highest BCUT2D eigenvalue weighted by atomic mass is 16.2. The molecular weight excluding hydrogens is 398 g/mol. The minimum absolute atomic E-state index is 0.00671. The minimum Gasteiger partial charge on any atom is -0.361 e. The molecule has 2 amide bonds. The standard InChI is InChI=1S/C27H27N3O2/c1-19(31)30-26(21-12-6-3-7-13-21)16-27(32)29-17-23(20-10-4-2-5-11-20)24-18-28-25-15-9-8-14-22(24)25/h2-15,18,23,26,28H,16-17H2,1H3,(H,29,32)(H,30,31). The van der Waals surface area contributed by atoms with Gasteiger partial charge in [0.25, 0.3) is 0 Å². The Morgan fingerprint density at radius 3 is 2.16 bits per heavy atom. The predicted molar refractivity (Wildman–Crippen MR) is 127 cm³/mol. The molecule has 4 aromatic rings. The maximum absolute atomic E-state index is 12.9. The molecule has 0 fully saturated rings. The third kappa shape index (κ3) is 5.06. The number of hydrogen-bond donors (Lipinski definition) is 3. The molecule has 32 heavy (non-hydrogen) atoms. The summed E-state index contributed by atoms with van der Waals surface area (Å²) in [6.07, 6.45) is 2.21. The molecule has 0 bridgehead atoms. The van der Waals surface area contributed by atoms with Crippen LogP contribution in [-0.2, 0) is 9.59 Å². The summed E-state index contributed by atoms with van der Waals surface area (Å²) >= 11 is 0. The summed E-state index contributed by atoms with van der Waals surface area (Å²) in [6, 6.07) is 27.6. The molecule has 5 nitrogen and oxygen atoms in total. The van der Waals surface area contributed by atoms with E-state index in [2.05, 4.69) is 39.9 Å². The van der Waals surface area contributed by atoms with Crippen molar-refractivity contribution in [3.05, 3.63) is 108 Å². The van der Waals surface area contributed by atoms with E-state index in [9.17, 15) is 9.59 Å². The van der Waals surface area contributed by atoms with Crippen molar-refractivity contribution >= 4 is 22.7 Å². The van der Waals surface area contributed by atoms with E-state index in [-0.39, 0.29) is 30.2 Å². The molecule has 0 saturated heterocycles. The lowest BCUT2D eigenvalue weighted by atomic mass is 9.91. The molecular formula is C27H27N3O2. The molecule has 2 unspecified atom stereocenters. The van der Waals surface area contributed by atoms with Crippen LogP contribution in [0.15, 0.2) is 91.1 Å². The maximum Gasteiger partial charge on any atom is 0.222 e. The van der Waals surface area contributed by atoms with E-state index in [4.69, 9.17) is 0 Å². The van der Waals surface area contributed by atoms with Crippen LogP contribution in [0, 0.1) is 0 Å². The molecule has 4 rings (SSSR count). The average Bonchev–Trinajstić information content (AvgIpc) is 3.24. The first-order valence-corrected chi connectivity index (χ1v) is 10.8. The van der Waals surface area contributed by atoms with Crippen LogP contribution < -0.4 is 10.6 Å². The van der Waals surface area contributed by atoms with Gasteiger partial charge in [-0.05, 0) is 22.8 Å². The van der Waals surface area contributed by atoms with Crippen LogP contribution in [0.2, 0.25) is 0 Å². The van der Waals surface area contributed by atoms with Crippen molar-refractivity contribution in [2.24, 2.45) is 0 Å². The number of fused-ring (bicyclic) bond motifs is 1. The molecule has 0 aliphatic carbocycles. The molecule has 5 heteroatoms. The molecule has 1 aromatic heterocycles. The second-order valence-corrected chi connectivity index (χ2v) is 7.92. The van der Waals surface area contributed by atoms with Crippen molar-refractivity contribution in [3.8, 4) is 0 Å². The van der Waals surface area contributed by atoms with Crippen molar-refractivity contribution in [2.75, 3.05) is 6.54 Å². The minimum atomic E-state index is -0.364. The summed E-state index contributed by atoms with van der Waals surface area (Å²) in [5.41, 5.74) is 4.27. The first kappa shape index (κ1) is 21.4. The van der Waals surface area contributed by atoms with Gasteiger partial charge in [0.2, 0.25) is 11.8 Å². The highest BCUT2D eigenvalue weighted by Gasteiger charge is 2.21. The summed E-state index contributed by atoms with van der Waals surface area (Å²) in [5.74, 6) is -0.256. The van der Waals surface area contributed by atoms with Gasteiger partial charge in [0, 0.05) is 36.5 Å². The number of rotatable bonds is 8. The molecule has 0 aliphatic rings. The van der Waals surface area contributed by atoms with Gasteiger partial charge in [-0.15, -0.1) is 0 Å². The van der Waals surface area contributed by atoms with Gasteiger partial charge >= 0.3 is 0 Å². The summed E-state index contributed by atoms with van der Waals surface area (Å²) in [6.45, 7) is 1.93. The lowest BCUT2D eigenvalue weighted by Crippen LogP contribution is -2.34. The Labute approximate surface area is 187 Å². The second kappa shape index (κ2) is 9.96. The molecule has 162 valence electrons. The van der Waals surface area contributed by atoms with Crippen LogP contribution in [0.25, 0.3) is 10.9 Å². The van der Waals surface area contributed by atoms with E-state index in [0.717, 1.165) is 27.6 Å². The van der Waals surface area contributed by atoms with E-state index in [1.54, 1.807) is 0 Å². The summed E-state index contributed by atoms with van der Waals surface area (Å²) in [5, 5.41) is 7.15. The number of aromatic amines is 1. The van der Waals surface area contributed by atoms with Crippen LogP contribution in [0.1, 0.15) is 42.0 Å². The number of amides is 2. The number of para-hydroxylation sites is 1. The van der Waals surface area contributed by atoms with Crippen LogP contribution in [0.5, 0.6) is 0 Å². The zero-order valence-electron chi connectivity index (χ0n) is 18.0. The van der Waals surface area contributed by atoms with Gasteiger partial charge in [-0.1, -0.05) is 78.9 Å². The van der Waals surface area contributed by atoms with Gasteiger partial charge in [0.15, 0.2) is 0 Å². The summed E-state index contributed by atoms with van der Waals surface area (Å²) < 4.78 is 0. The quantitative estimate of drug-likeness (QED) is 0.383. The Hall–Kier alpha value is -3.86. The molecule has 1 heterocycles. The SMILES string of the molecule is CC(=O)NC(CC(=O)NCC(c1ccccc1)c1c[nH]c2ccccc12)c1ccccc1. The number of H-pyrrole nitrogens is 1. The molecule has 0 saturated carbocycles. The Morgan fingerprint density at radius 2 is 1.47 bits per heavy atom. The van der Waals surface area contributed by atoms with Gasteiger partial charge in [0.05, 0.1) is 12.5 Å². The highest BCUT2D eigenvalue weighted by Crippen LogP contribution is 2.30. The first-order chi connectivity index (χ1) is 15.6. The number of benzene rings is 3. The van der Waals surface area contributed by atoms with Gasteiger partial charge in [-0.25, -0.2) is 0 Å². The molecule has 0 spiro atoms. The van der Waals surface area contributed by atoms with E-state index in [1.807, 2.05) is 66.9 Å². The zero-order valence-corrected chi connectivity index (χ0v) is 18.0. The van der Waals surface area contributed by atoms with Gasteiger partial charge in [-0.3, -0.25) is 9.59 Å². The number of carbonyl (C=O) groups excluding carboxylic acids is 2. The van der Waals surface area contributed by atoms with Crippen LogP contribution in [0.4, 0.5) is 0 Å². The summed E-state index contributed by atoms with van der Waals surface area (Å²) in [7, 11) is 0. The third-order valence-corrected chi connectivity index (χ3v) is 5.67. The smallest absolute Gasteiger partial charge is 0.222 e. The second-order valence-electron chi connectivity index (χ2n) is 7.92. The lowest BCUT2D eigenvalue weighted by Gasteiger charge is -2.21. The number of nitrogens with one attached hydrogen (secondary N) is 3. The van der Waals surface area contributed by atoms with Gasteiger partial charge < -0.3 is 15.6 Å². The third-order valence-electron chi connectivity index (χ3n) is 5.67. The fourth-order valence-electron chi connectivity index (χ4n) is 4.13. The van der Waals surface area contributed by atoms with E-state index in [1.165, 1.54) is 6.92 Å². The average molecular weight is 426 g/mol. The zero-order chi connectivity index (χ0) is 22.3. The molecule has 0 aliphatic heterocycles. The van der Waals surface area contributed by atoms with Crippen molar-refractivity contribution < 1.29 is 9.59 Å². The Bertz CT molecular complexity index is 1190. The molecule has 3 N–H and O–H groups in total. The highest BCUT2D eigenvalue weighted by molar-refractivity contribution is 5.84. The van der Waals surface area contributed by atoms with Crippen molar-refractivity contribution in [1.82, 2.24) is 15.6 Å². The van der Waals surface area contributed by atoms with Crippen LogP contribution in [-0.4, -0.2) is 23.3 Å². The molecule has 3 aromatic carbocycles. The molecule has 0 radical (unpaired) electrons. The van der Waals surface area contributed by atoms with Crippen molar-refractivity contribution in [2.45, 2.75) is 25.3 Å². The number of carbonyl (C=O) groups is 2. The van der Waals surface area contributed by atoms with E-state index in [0.29, 0.717) is 6.54 Å². The monoisotopic (exact) mass is 425 g/mol. The lowest BCUT2D eigenvalue weighted by molar-refractivity contribution is -0.122. The van der Waals surface area contributed by atoms with Gasteiger partial charge in [-0.2, -0.15) is 0 Å². The van der Waals surface area contributed by atoms with Crippen LogP contribution >= 0.6 is 0 Å². The Kier molecular flexibility index (Phi) is 6.66. The Balaban J connectivity index is 1.53. The fourth-order valence-corrected chi connectivity index (χ4v) is 4.13. The molecule has 2 atom stereocenters. The number of hydrogen-bond acceptors (Lipinski definition) is 2. The topological polar surface area (TPSA) is 74.0 Å². The van der Waals surface area contributed by atoms with E-state index >= 15 is 0 Å². The number of aromatic nitrogens is 1. The largest absolute Gasteiger partial charge is 0.361 e.